The first kappa shape index (κ1) is 18.8. The Labute approximate surface area is 157 Å². The number of carbonyl (C=O) groups is 1. The monoisotopic (exact) mass is 353 g/mol. The molecule has 1 aliphatic carbocycles. The largest absolute Gasteiger partial charge is 0.312 e. The van der Waals surface area contributed by atoms with Crippen LogP contribution in [0.4, 0.5) is 0 Å². The van der Waals surface area contributed by atoms with E-state index in [1.165, 1.54) is 24.0 Å². The van der Waals surface area contributed by atoms with E-state index in [1.807, 2.05) is 0 Å². The first-order chi connectivity index (χ1) is 12.4. The summed E-state index contributed by atoms with van der Waals surface area (Å²) in [7, 11) is 0. The molecule has 0 spiro atoms. The van der Waals surface area contributed by atoms with Gasteiger partial charge in [0.05, 0.1) is 0 Å². The van der Waals surface area contributed by atoms with Gasteiger partial charge in [0, 0.05) is 31.7 Å². The van der Waals surface area contributed by atoms with E-state index in [2.05, 4.69) is 60.7 Å². The van der Waals surface area contributed by atoms with Gasteiger partial charge < -0.3 is 4.57 Å². The molecular formula is C22H31N3O. The average Bonchev–Trinajstić information content (AvgIpc) is 3.34. The van der Waals surface area contributed by atoms with E-state index in [0.29, 0.717) is 31.2 Å². The predicted molar refractivity (Wildman–Crippen MR) is 104 cm³/mol. The third-order valence-electron chi connectivity index (χ3n) is 5.21. The molecule has 1 aromatic heterocycles. The number of aromatic nitrogens is 3. The minimum Gasteiger partial charge on any atom is -0.312 e. The molecule has 1 fully saturated rings. The Morgan fingerprint density at radius 3 is 2.46 bits per heavy atom. The molecule has 26 heavy (non-hydrogen) atoms. The van der Waals surface area contributed by atoms with Gasteiger partial charge in [0.15, 0.2) is 0 Å². The number of nitrogens with zero attached hydrogens (tertiary/aromatic N) is 3. The Bertz CT molecular complexity index is 772. The van der Waals surface area contributed by atoms with Crippen molar-refractivity contribution in [3.8, 4) is 0 Å². The fourth-order valence-electron chi connectivity index (χ4n) is 3.47. The number of ketones is 1. The number of benzene rings is 1. The molecule has 0 aliphatic heterocycles. The predicted octanol–water partition coefficient (Wildman–Crippen LogP) is 4.56. The molecular weight excluding hydrogens is 322 g/mol. The number of Topliss-reactive ketones (excluding diaryl/α,β-unsaturated/α-hetero) is 1. The van der Waals surface area contributed by atoms with Crippen molar-refractivity contribution in [3.05, 3.63) is 46.5 Å². The second-order valence-corrected chi connectivity index (χ2v) is 8.21. The molecule has 2 aromatic rings. The maximum atomic E-state index is 12.5. The zero-order valence-electron chi connectivity index (χ0n) is 16.6. The molecule has 0 atom stereocenters. The normalized spacial score (nSPS) is 14.2. The zero-order valence-corrected chi connectivity index (χ0v) is 16.6. The first-order valence-corrected chi connectivity index (χ1v) is 9.94. The Morgan fingerprint density at radius 1 is 1.15 bits per heavy atom. The van der Waals surface area contributed by atoms with Crippen LogP contribution in [0.25, 0.3) is 0 Å². The molecule has 1 aromatic carbocycles. The molecule has 0 radical (unpaired) electrons. The summed E-state index contributed by atoms with van der Waals surface area (Å²) in [6, 6.07) is 6.88. The zero-order chi connectivity index (χ0) is 18.7. The molecule has 1 aliphatic rings. The van der Waals surface area contributed by atoms with Crippen LogP contribution in [-0.2, 0) is 24.1 Å². The highest BCUT2D eigenvalue weighted by Gasteiger charge is 2.29. The minimum absolute atomic E-state index is 0.283. The van der Waals surface area contributed by atoms with Gasteiger partial charge >= 0.3 is 0 Å². The standard InChI is InChI=1S/C22H31N3O/c1-15(2)5-11-21-23-24-22(25(21)19-8-9-19)12-10-20(26)14-18-7-6-16(3)13-17(18)4/h6-7,13,15,19H,5,8-12,14H2,1-4H3. The molecule has 3 rings (SSSR count). The third kappa shape index (κ3) is 4.80. The van der Waals surface area contributed by atoms with E-state index in [-0.39, 0.29) is 5.78 Å². The van der Waals surface area contributed by atoms with Crippen LogP contribution in [-0.4, -0.2) is 20.5 Å². The van der Waals surface area contributed by atoms with Crippen LogP contribution >= 0.6 is 0 Å². The van der Waals surface area contributed by atoms with Crippen LogP contribution in [0.1, 0.15) is 73.9 Å². The Hall–Kier alpha value is -1.97. The number of aryl methyl sites for hydroxylation is 4. The highest BCUT2D eigenvalue weighted by Crippen LogP contribution is 2.37. The molecule has 4 heteroatoms. The Balaban J connectivity index is 1.61. The van der Waals surface area contributed by atoms with Gasteiger partial charge in [0.1, 0.15) is 17.4 Å². The second-order valence-electron chi connectivity index (χ2n) is 8.21. The van der Waals surface area contributed by atoms with Crippen molar-refractivity contribution < 1.29 is 4.79 Å². The smallest absolute Gasteiger partial charge is 0.137 e. The lowest BCUT2D eigenvalue weighted by molar-refractivity contribution is -0.118. The van der Waals surface area contributed by atoms with Gasteiger partial charge in [-0.15, -0.1) is 10.2 Å². The van der Waals surface area contributed by atoms with Gasteiger partial charge in [-0.2, -0.15) is 0 Å². The van der Waals surface area contributed by atoms with E-state index >= 15 is 0 Å². The lowest BCUT2D eigenvalue weighted by atomic mass is 9.99. The summed E-state index contributed by atoms with van der Waals surface area (Å²) in [4.78, 5) is 12.5. The Morgan fingerprint density at radius 2 is 1.85 bits per heavy atom. The van der Waals surface area contributed by atoms with Crippen LogP contribution in [0.5, 0.6) is 0 Å². The molecule has 0 amide bonds. The molecule has 0 saturated heterocycles. The number of rotatable bonds is 9. The van der Waals surface area contributed by atoms with Crippen LogP contribution in [0, 0.1) is 19.8 Å². The van der Waals surface area contributed by atoms with Gasteiger partial charge in [-0.3, -0.25) is 4.79 Å². The minimum atomic E-state index is 0.283. The van der Waals surface area contributed by atoms with Gasteiger partial charge in [-0.05, 0) is 50.2 Å². The topological polar surface area (TPSA) is 47.8 Å². The van der Waals surface area contributed by atoms with Gasteiger partial charge in [-0.25, -0.2) is 0 Å². The summed E-state index contributed by atoms with van der Waals surface area (Å²) in [5.74, 6) is 3.06. The van der Waals surface area contributed by atoms with Crippen LogP contribution in [0.3, 0.4) is 0 Å². The summed E-state index contributed by atoms with van der Waals surface area (Å²) in [5.41, 5.74) is 3.59. The number of carbonyl (C=O) groups excluding carboxylic acids is 1. The molecule has 0 N–H and O–H groups in total. The van der Waals surface area contributed by atoms with Crippen LogP contribution in [0.15, 0.2) is 18.2 Å². The van der Waals surface area contributed by atoms with E-state index in [1.54, 1.807) is 0 Å². The van der Waals surface area contributed by atoms with E-state index in [0.717, 1.165) is 30.1 Å². The van der Waals surface area contributed by atoms with Crippen molar-refractivity contribution >= 4 is 5.78 Å². The van der Waals surface area contributed by atoms with Crippen LogP contribution < -0.4 is 0 Å². The molecule has 0 bridgehead atoms. The van der Waals surface area contributed by atoms with E-state index in [4.69, 9.17) is 0 Å². The van der Waals surface area contributed by atoms with Gasteiger partial charge in [-0.1, -0.05) is 37.6 Å². The SMILES string of the molecule is Cc1ccc(CC(=O)CCc2nnc(CCC(C)C)n2C2CC2)c(C)c1. The van der Waals surface area contributed by atoms with Gasteiger partial charge in [0.25, 0.3) is 0 Å². The molecule has 0 unspecified atom stereocenters. The lowest BCUT2D eigenvalue weighted by Crippen LogP contribution is -2.11. The van der Waals surface area contributed by atoms with Crippen molar-refractivity contribution in [2.45, 2.75) is 78.7 Å². The highest BCUT2D eigenvalue weighted by molar-refractivity contribution is 5.81. The fraction of sp³-hybridized carbons (Fsp3) is 0.591. The Kier molecular flexibility index (Phi) is 5.90. The maximum absolute atomic E-state index is 12.5. The van der Waals surface area contributed by atoms with Crippen LogP contribution in [0.2, 0.25) is 0 Å². The highest BCUT2D eigenvalue weighted by atomic mass is 16.1. The maximum Gasteiger partial charge on any atom is 0.137 e. The molecule has 1 saturated carbocycles. The van der Waals surface area contributed by atoms with Crippen molar-refractivity contribution in [3.63, 3.8) is 0 Å². The van der Waals surface area contributed by atoms with E-state index < -0.39 is 0 Å². The number of hydrogen-bond donors (Lipinski definition) is 0. The summed E-state index contributed by atoms with van der Waals surface area (Å²) < 4.78 is 2.33. The van der Waals surface area contributed by atoms with Crippen molar-refractivity contribution in [1.29, 1.82) is 0 Å². The lowest BCUT2D eigenvalue weighted by Gasteiger charge is -2.10. The summed E-state index contributed by atoms with van der Waals surface area (Å²) in [5, 5.41) is 8.86. The van der Waals surface area contributed by atoms with Crippen molar-refractivity contribution in [1.82, 2.24) is 14.8 Å². The average molecular weight is 354 g/mol. The quantitative estimate of drug-likeness (QED) is 0.664. The molecule has 4 nitrogen and oxygen atoms in total. The van der Waals surface area contributed by atoms with E-state index in [9.17, 15) is 4.79 Å². The second kappa shape index (κ2) is 8.15. The fourth-order valence-corrected chi connectivity index (χ4v) is 3.47. The van der Waals surface area contributed by atoms with Crippen molar-refractivity contribution in [2.24, 2.45) is 5.92 Å². The van der Waals surface area contributed by atoms with Crippen molar-refractivity contribution in [2.75, 3.05) is 0 Å². The third-order valence-corrected chi connectivity index (χ3v) is 5.21. The first-order valence-electron chi connectivity index (χ1n) is 9.94. The molecule has 140 valence electrons. The van der Waals surface area contributed by atoms with Gasteiger partial charge in [0.2, 0.25) is 0 Å². The number of hydrogen-bond acceptors (Lipinski definition) is 3. The molecule has 1 heterocycles. The summed E-state index contributed by atoms with van der Waals surface area (Å²) in [6.07, 6.45) is 6.32. The summed E-state index contributed by atoms with van der Waals surface area (Å²) >= 11 is 0. The summed E-state index contributed by atoms with van der Waals surface area (Å²) in [6.45, 7) is 8.65.